The number of halogens is 1. The monoisotopic (exact) mass is 326 g/mol. The summed E-state index contributed by atoms with van der Waals surface area (Å²) in [5.41, 5.74) is 2.27. The molecule has 0 aliphatic heterocycles. The van der Waals surface area contributed by atoms with E-state index in [1.807, 2.05) is 25.4 Å². The largest absolute Gasteiger partial charge is 0.485 e. The number of benzene rings is 1. The molecule has 0 atom stereocenters. The van der Waals surface area contributed by atoms with E-state index < -0.39 is 0 Å². The lowest BCUT2D eigenvalue weighted by atomic mass is 10.2. The second-order valence-corrected chi connectivity index (χ2v) is 5.76. The summed E-state index contributed by atoms with van der Waals surface area (Å²) < 4.78 is 6.73. The number of aryl methyl sites for hydroxylation is 1. The van der Waals surface area contributed by atoms with Crippen LogP contribution in [0.3, 0.4) is 0 Å². The lowest BCUT2D eigenvalue weighted by molar-refractivity contribution is 0.303. The number of hydrogen-bond acceptors (Lipinski definition) is 4. The molecular weight excluding hydrogens is 312 g/mol. The van der Waals surface area contributed by atoms with Crippen molar-refractivity contribution >= 4 is 27.3 Å². The van der Waals surface area contributed by atoms with Crippen molar-refractivity contribution in [1.82, 2.24) is 10.3 Å². The zero-order chi connectivity index (χ0) is 13.0. The van der Waals surface area contributed by atoms with Gasteiger partial charge in [0.25, 0.3) is 0 Å². The molecular formula is C13H15BrN2OS. The Hall–Kier alpha value is -0.910. The highest BCUT2D eigenvalue weighted by Crippen LogP contribution is 2.27. The van der Waals surface area contributed by atoms with Crippen LogP contribution >= 0.6 is 27.3 Å². The van der Waals surface area contributed by atoms with Crippen molar-refractivity contribution in [1.29, 1.82) is 0 Å². The first kappa shape index (κ1) is 13.5. The molecule has 0 saturated carbocycles. The average molecular weight is 327 g/mol. The van der Waals surface area contributed by atoms with Crippen LogP contribution in [0.2, 0.25) is 0 Å². The Morgan fingerprint density at radius 3 is 2.89 bits per heavy atom. The van der Waals surface area contributed by atoms with Crippen molar-refractivity contribution in [3.05, 3.63) is 44.3 Å². The van der Waals surface area contributed by atoms with Crippen molar-refractivity contribution in [2.24, 2.45) is 0 Å². The van der Waals surface area contributed by atoms with Gasteiger partial charge < -0.3 is 10.1 Å². The van der Waals surface area contributed by atoms with Crippen molar-refractivity contribution in [3.8, 4) is 5.75 Å². The molecule has 0 unspecified atom stereocenters. The number of hydrogen-bond donors (Lipinski definition) is 1. The van der Waals surface area contributed by atoms with E-state index >= 15 is 0 Å². The molecule has 1 N–H and O–H groups in total. The highest BCUT2D eigenvalue weighted by Gasteiger charge is 2.04. The summed E-state index contributed by atoms with van der Waals surface area (Å²) in [6.07, 6.45) is 0. The third kappa shape index (κ3) is 3.54. The standard InChI is InChI=1S/C13H15BrN2OS/c1-9-8-18-13(16-9)7-17-12-4-3-10(6-15-2)5-11(12)14/h3-5,8,15H,6-7H2,1-2H3. The summed E-state index contributed by atoms with van der Waals surface area (Å²) in [6, 6.07) is 6.11. The van der Waals surface area contributed by atoms with E-state index in [9.17, 15) is 0 Å². The fourth-order valence-corrected chi connectivity index (χ4v) is 2.81. The minimum absolute atomic E-state index is 0.516. The van der Waals surface area contributed by atoms with Crippen LogP contribution in [-0.4, -0.2) is 12.0 Å². The molecule has 2 rings (SSSR count). The van der Waals surface area contributed by atoms with Crippen LogP contribution in [0.25, 0.3) is 0 Å². The van der Waals surface area contributed by atoms with Gasteiger partial charge in [-0.05, 0) is 47.6 Å². The van der Waals surface area contributed by atoms with Crippen LogP contribution in [-0.2, 0) is 13.2 Å². The molecule has 0 radical (unpaired) electrons. The van der Waals surface area contributed by atoms with Gasteiger partial charge in [0.1, 0.15) is 17.4 Å². The second kappa shape index (κ2) is 6.31. The Morgan fingerprint density at radius 1 is 1.44 bits per heavy atom. The number of nitrogens with one attached hydrogen (secondary N) is 1. The summed E-state index contributed by atoms with van der Waals surface area (Å²) in [5.74, 6) is 0.850. The van der Waals surface area contributed by atoms with Crippen LogP contribution < -0.4 is 10.1 Å². The van der Waals surface area contributed by atoms with E-state index in [-0.39, 0.29) is 0 Å². The maximum atomic E-state index is 5.75. The highest BCUT2D eigenvalue weighted by atomic mass is 79.9. The van der Waals surface area contributed by atoms with E-state index in [0.717, 1.165) is 27.5 Å². The Morgan fingerprint density at radius 2 is 2.28 bits per heavy atom. The van der Waals surface area contributed by atoms with Gasteiger partial charge in [0.05, 0.1) is 4.47 Å². The normalized spacial score (nSPS) is 10.6. The number of ether oxygens (including phenoxy) is 1. The van der Waals surface area contributed by atoms with Gasteiger partial charge in [-0.3, -0.25) is 0 Å². The molecule has 1 heterocycles. The zero-order valence-corrected chi connectivity index (χ0v) is 12.8. The Labute approximate surface area is 119 Å². The van der Waals surface area contributed by atoms with Gasteiger partial charge >= 0.3 is 0 Å². The summed E-state index contributed by atoms with van der Waals surface area (Å²) >= 11 is 5.15. The molecule has 1 aromatic heterocycles. The maximum Gasteiger partial charge on any atom is 0.140 e. The van der Waals surface area contributed by atoms with Crippen molar-refractivity contribution in [2.45, 2.75) is 20.1 Å². The van der Waals surface area contributed by atoms with Crippen LogP contribution in [0.1, 0.15) is 16.3 Å². The molecule has 2 aromatic rings. The van der Waals surface area contributed by atoms with Gasteiger partial charge in [0, 0.05) is 17.6 Å². The second-order valence-electron chi connectivity index (χ2n) is 3.97. The molecule has 0 aliphatic rings. The lowest BCUT2D eigenvalue weighted by Gasteiger charge is -2.08. The van der Waals surface area contributed by atoms with Crippen molar-refractivity contribution in [3.63, 3.8) is 0 Å². The van der Waals surface area contributed by atoms with Crippen LogP contribution in [0.4, 0.5) is 0 Å². The summed E-state index contributed by atoms with van der Waals surface area (Å²) in [7, 11) is 1.93. The molecule has 0 bridgehead atoms. The van der Waals surface area contributed by atoms with E-state index in [4.69, 9.17) is 4.74 Å². The van der Waals surface area contributed by atoms with E-state index in [0.29, 0.717) is 6.61 Å². The molecule has 3 nitrogen and oxygen atoms in total. The maximum absolute atomic E-state index is 5.75. The molecule has 18 heavy (non-hydrogen) atoms. The van der Waals surface area contributed by atoms with Gasteiger partial charge in [0.2, 0.25) is 0 Å². The first-order valence-electron chi connectivity index (χ1n) is 5.66. The molecule has 5 heteroatoms. The minimum Gasteiger partial charge on any atom is -0.485 e. The zero-order valence-electron chi connectivity index (χ0n) is 10.4. The predicted molar refractivity (Wildman–Crippen MR) is 78.1 cm³/mol. The minimum atomic E-state index is 0.516. The number of thiazole rings is 1. The van der Waals surface area contributed by atoms with E-state index in [2.05, 4.69) is 38.4 Å². The summed E-state index contributed by atoms with van der Waals surface area (Å²) in [5, 5.41) is 6.15. The molecule has 0 spiro atoms. The van der Waals surface area contributed by atoms with Gasteiger partial charge in [-0.25, -0.2) is 4.98 Å². The number of nitrogens with zero attached hydrogens (tertiary/aromatic N) is 1. The average Bonchev–Trinajstić information content (AvgIpc) is 2.74. The third-order valence-electron chi connectivity index (χ3n) is 2.39. The quantitative estimate of drug-likeness (QED) is 0.912. The number of aromatic nitrogens is 1. The predicted octanol–water partition coefficient (Wildman–Crippen LogP) is 3.51. The van der Waals surface area contributed by atoms with Crippen LogP contribution in [0, 0.1) is 6.92 Å². The fourth-order valence-electron chi connectivity index (χ4n) is 1.58. The molecule has 96 valence electrons. The van der Waals surface area contributed by atoms with Gasteiger partial charge in [0.15, 0.2) is 0 Å². The van der Waals surface area contributed by atoms with Crippen LogP contribution in [0.5, 0.6) is 5.75 Å². The number of rotatable bonds is 5. The summed E-state index contributed by atoms with van der Waals surface area (Å²) in [4.78, 5) is 4.37. The van der Waals surface area contributed by atoms with Gasteiger partial charge in [-0.1, -0.05) is 6.07 Å². The highest BCUT2D eigenvalue weighted by molar-refractivity contribution is 9.10. The van der Waals surface area contributed by atoms with Crippen molar-refractivity contribution < 1.29 is 4.74 Å². The Kier molecular flexibility index (Phi) is 4.74. The van der Waals surface area contributed by atoms with Crippen LogP contribution in [0.15, 0.2) is 28.1 Å². The van der Waals surface area contributed by atoms with Gasteiger partial charge in [-0.2, -0.15) is 0 Å². The first-order chi connectivity index (χ1) is 8.69. The fraction of sp³-hybridized carbons (Fsp3) is 0.308. The molecule has 0 saturated heterocycles. The van der Waals surface area contributed by atoms with Crippen molar-refractivity contribution in [2.75, 3.05) is 7.05 Å². The molecule has 0 fully saturated rings. The SMILES string of the molecule is CNCc1ccc(OCc2nc(C)cs2)c(Br)c1. The Balaban J connectivity index is 2.01. The molecule has 0 amide bonds. The lowest BCUT2D eigenvalue weighted by Crippen LogP contribution is -2.05. The van der Waals surface area contributed by atoms with E-state index in [1.54, 1.807) is 11.3 Å². The summed E-state index contributed by atoms with van der Waals surface area (Å²) in [6.45, 7) is 3.36. The molecule has 0 aliphatic carbocycles. The Bertz CT molecular complexity index is 527. The first-order valence-corrected chi connectivity index (χ1v) is 7.33. The van der Waals surface area contributed by atoms with E-state index in [1.165, 1.54) is 5.56 Å². The van der Waals surface area contributed by atoms with Gasteiger partial charge in [-0.15, -0.1) is 11.3 Å². The topological polar surface area (TPSA) is 34.1 Å². The smallest absolute Gasteiger partial charge is 0.140 e. The third-order valence-corrected chi connectivity index (χ3v) is 3.95. The molecule has 1 aromatic carbocycles.